The van der Waals surface area contributed by atoms with Crippen molar-refractivity contribution in [3.05, 3.63) is 29.8 Å². The summed E-state index contributed by atoms with van der Waals surface area (Å²) in [6.45, 7) is 1.86. The second kappa shape index (κ2) is 7.96. The zero-order chi connectivity index (χ0) is 14.3. The first kappa shape index (κ1) is 15.7. The molecule has 5 heteroatoms. The molecule has 19 heavy (non-hydrogen) atoms. The van der Waals surface area contributed by atoms with E-state index in [0.29, 0.717) is 18.6 Å². The van der Waals surface area contributed by atoms with E-state index in [1.807, 2.05) is 31.2 Å². The van der Waals surface area contributed by atoms with Crippen LogP contribution in [0.2, 0.25) is 0 Å². The summed E-state index contributed by atoms with van der Waals surface area (Å²) >= 11 is 1.52. The van der Waals surface area contributed by atoms with Crippen molar-refractivity contribution in [2.45, 2.75) is 30.7 Å². The Kier molecular flexibility index (Phi) is 6.59. The third-order valence-corrected chi connectivity index (χ3v) is 3.75. The fourth-order valence-electron chi connectivity index (χ4n) is 1.48. The van der Waals surface area contributed by atoms with Gasteiger partial charge >= 0.3 is 5.97 Å². The minimum atomic E-state index is -0.634. The standard InChI is InChI=1S/C14H19NO3S/c1-3-11(16)9-19-12-6-4-10(5-7-12)8-13(15)14(17)18-2/h4-7,13H,3,8-9,15H2,1-2H3. The van der Waals surface area contributed by atoms with Crippen LogP contribution in [0.4, 0.5) is 0 Å². The molecule has 4 nitrogen and oxygen atoms in total. The summed E-state index contributed by atoms with van der Waals surface area (Å²) in [7, 11) is 1.33. The largest absolute Gasteiger partial charge is 0.468 e. The molecule has 1 unspecified atom stereocenters. The molecule has 1 rings (SSSR count). The Hall–Kier alpha value is -1.33. The van der Waals surface area contributed by atoms with Crippen LogP contribution in [-0.2, 0) is 20.7 Å². The summed E-state index contributed by atoms with van der Waals surface area (Å²) in [6, 6.07) is 7.08. The van der Waals surface area contributed by atoms with Gasteiger partial charge in [0.25, 0.3) is 0 Å². The number of ether oxygens (including phenoxy) is 1. The molecular formula is C14H19NO3S. The number of thioether (sulfide) groups is 1. The average Bonchev–Trinajstić information content (AvgIpc) is 2.45. The Morgan fingerprint density at radius 3 is 2.47 bits per heavy atom. The summed E-state index contributed by atoms with van der Waals surface area (Å²) in [5.41, 5.74) is 6.67. The fraction of sp³-hybridized carbons (Fsp3) is 0.429. The van der Waals surface area contributed by atoms with Crippen molar-refractivity contribution in [1.29, 1.82) is 0 Å². The van der Waals surface area contributed by atoms with Crippen molar-refractivity contribution in [1.82, 2.24) is 0 Å². The van der Waals surface area contributed by atoms with E-state index in [9.17, 15) is 9.59 Å². The van der Waals surface area contributed by atoms with E-state index in [2.05, 4.69) is 4.74 Å². The number of carbonyl (C=O) groups excluding carboxylic acids is 2. The molecule has 104 valence electrons. The molecule has 0 spiro atoms. The van der Waals surface area contributed by atoms with Crippen LogP contribution in [0.5, 0.6) is 0 Å². The van der Waals surface area contributed by atoms with E-state index in [4.69, 9.17) is 5.73 Å². The molecule has 0 aliphatic heterocycles. The Balaban J connectivity index is 2.52. The van der Waals surface area contributed by atoms with Gasteiger partial charge in [-0.2, -0.15) is 0 Å². The van der Waals surface area contributed by atoms with Crippen molar-refractivity contribution in [2.75, 3.05) is 12.9 Å². The molecular weight excluding hydrogens is 262 g/mol. The maximum atomic E-state index is 11.2. The molecule has 0 fully saturated rings. The third kappa shape index (κ3) is 5.44. The molecule has 1 aromatic carbocycles. The number of rotatable bonds is 7. The zero-order valence-electron chi connectivity index (χ0n) is 11.2. The summed E-state index contributed by atoms with van der Waals surface area (Å²) in [5.74, 6) is 0.325. The molecule has 0 amide bonds. The van der Waals surface area contributed by atoms with Gasteiger partial charge in [0, 0.05) is 11.3 Å². The Labute approximate surface area is 117 Å². The molecule has 0 bridgehead atoms. The molecule has 0 aliphatic carbocycles. The monoisotopic (exact) mass is 281 g/mol. The molecule has 0 aromatic heterocycles. The SMILES string of the molecule is CCC(=O)CSc1ccc(CC(N)C(=O)OC)cc1. The summed E-state index contributed by atoms with van der Waals surface area (Å²) in [5, 5.41) is 0. The van der Waals surface area contributed by atoms with Gasteiger partial charge < -0.3 is 10.5 Å². The molecule has 1 aromatic rings. The van der Waals surface area contributed by atoms with Crippen LogP contribution in [0.25, 0.3) is 0 Å². The first-order valence-electron chi connectivity index (χ1n) is 6.13. The molecule has 0 saturated carbocycles. The smallest absolute Gasteiger partial charge is 0.322 e. The predicted octanol–water partition coefficient (Wildman–Crippen LogP) is 1.80. The number of nitrogens with two attached hydrogens (primary N) is 1. The zero-order valence-corrected chi connectivity index (χ0v) is 12.0. The van der Waals surface area contributed by atoms with E-state index in [1.165, 1.54) is 18.9 Å². The minimum absolute atomic E-state index is 0.238. The van der Waals surface area contributed by atoms with Crippen molar-refractivity contribution in [3.8, 4) is 0 Å². The average molecular weight is 281 g/mol. The van der Waals surface area contributed by atoms with E-state index in [0.717, 1.165) is 10.5 Å². The lowest BCUT2D eigenvalue weighted by Gasteiger charge is -2.09. The molecule has 0 radical (unpaired) electrons. The van der Waals surface area contributed by atoms with Crippen molar-refractivity contribution >= 4 is 23.5 Å². The highest BCUT2D eigenvalue weighted by Gasteiger charge is 2.13. The molecule has 0 saturated heterocycles. The van der Waals surface area contributed by atoms with Gasteiger partial charge in [-0.1, -0.05) is 19.1 Å². The number of carbonyl (C=O) groups is 2. The number of hydrogen-bond acceptors (Lipinski definition) is 5. The van der Waals surface area contributed by atoms with Gasteiger partial charge in [-0.05, 0) is 24.1 Å². The van der Waals surface area contributed by atoms with Crippen molar-refractivity contribution in [2.24, 2.45) is 5.73 Å². The highest BCUT2D eigenvalue weighted by Crippen LogP contribution is 2.19. The second-order valence-electron chi connectivity index (χ2n) is 4.16. The highest BCUT2D eigenvalue weighted by atomic mass is 32.2. The van der Waals surface area contributed by atoms with Crippen LogP contribution < -0.4 is 5.73 Å². The highest BCUT2D eigenvalue weighted by molar-refractivity contribution is 8.00. The summed E-state index contributed by atoms with van der Waals surface area (Å²) in [4.78, 5) is 23.5. The van der Waals surface area contributed by atoms with Gasteiger partial charge in [-0.25, -0.2) is 0 Å². The van der Waals surface area contributed by atoms with Gasteiger partial charge in [0.1, 0.15) is 11.8 Å². The van der Waals surface area contributed by atoms with Crippen LogP contribution in [0, 0.1) is 0 Å². The fourth-order valence-corrected chi connectivity index (χ4v) is 2.34. The molecule has 0 heterocycles. The number of esters is 1. The first-order valence-corrected chi connectivity index (χ1v) is 7.12. The molecule has 2 N–H and O–H groups in total. The van der Waals surface area contributed by atoms with E-state index in [-0.39, 0.29) is 5.78 Å². The van der Waals surface area contributed by atoms with Crippen molar-refractivity contribution in [3.63, 3.8) is 0 Å². The van der Waals surface area contributed by atoms with Crippen LogP contribution in [0.3, 0.4) is 0 Å². The quantitative estimate of drug-likeness (QED) is 0.609. The lowest BCUT2D eigenvalue weighted by molar-refractivity contribution is -0.142. The van der Waals surface area contributed by atoms with Crippen LogP contribution in [0.15, 0.2) is 29.2 Å². The lowest BCUT2D eigenvalue weighted by Crippen LogP contribution is -2.33. The maximum Gasteiger partial charge on any atom is 0.322 e. The van der Waals surface area contributed by atoms with Gasteiger partial charge in [0.05, 0.1) is 12.9 Å². The van der Waals surface area contributed by atoms with Crippen molar-refractivity contribution < 1.29 is 14.3 Å². The predicted molar refractivity (Wildman–Crippen MR) is 76.2 cm³/mol. The molecule has 0 aliphatic rings. The van der Waals surface area contributed by atoms with Gasteiger partial charge in [-0.3, -0.25) is 9.59 Å². The van der Waals surface area contributed by atoms with Crippen LogP contribution in [-0.4, -0.2) is 30.7 Å². The number of methoxy groups -OCH3 is 1. The maximum absolute atomic E-state index is 11.2. The Bertz CT molecular complexity index is 431. The summed E-state index contributed by atoms with van der Waals surface area (Å²) in [6.07, 6.45) is 1.02. The van der Waals surface area contributed by atoms with E-state index < -0.39 is 12.0 Å². The van der Waals surface area contributed by atoms with Gasteiger partial charge in [-0.15, -0.1) is 11.8 Å². The first-order chi connectivity index (χ1) is 9.06. The topological polar surface area (TPSA) is 69.4 Å². The van der Waals surface area contributed by atoms with Gasteiger partial charge in [0.15, 0.2) is 0 Å². The normalized spacial score (nSPS) is 11.9. The lowest BCUT2D eigenvalue weighted by atomic mass is 10.1. The molecule has 1 atom stereocenters. The number of Topliss-reactive ketones (excluding diaryl/α,β-unsaturated/α-hetero) is 1. The van der Waals surface area contributed by atoms with Crippen LogP contribution >= 0.6 is 11.8 Å². The van der Waals surface area contributed by atoms with E-state index >= 15 is 0 Å². The third-order valence-electron chi connectivity index (χ3n) is 2.68. The second-order valence-corrected chi connectivity index (χ2v) is 5.21. The van der Waals surface area contributed by atoms with Crippen LogP contribution in [0.1, 0.15) is 18.9 Å². The minimum Gasteiger partial charge on any atom is -0.468 e. The number of benzene rings is 1. The number of hydrogen-bond donors (Lipinski definition) is 1. The Morgan fingerprint density at radius 1 is 1.32 bits per heavy atom. The van der Waals surface area contributed by atoms with Gasteiger partial charge in [0.2, 0.25) is 0 Å². The number of ketones is 1. The summed E-state index contributed by atoms with van der Waals surface area (Å²) < 4.78 is 4.58. The Morgan fingerprint density at radius 2 is 1.95 bits per heavy atom. The van der Waals surface area contributed by atoms with E-state index in [1.54, 1.807) is 0 Å².